The van der Waals surface area contributed by atoms with E-state index in [4.69, 9.17) is 9.47 Å². The van der Waals surface area contributed by atoms with Crippen LogP contribution in [0, 0.1) is 0 Å². The van der Waals surface area contributed by atoms with Crippen molar-refractivity contribution in [1.29, 1.82) is 0 Å². The fourth-order valence-electron chi connectivity index (χ4n) is 2.97. The van der Waals surface area contributed by atoms with E-state index in [0.717, 1.165) is 4.88 Å². The summed E-state index contributed by atoms with van der Waals surface area (Å²) in [4.78, 5) is 25.7. The number of halogens is 4. The van der Waals surface area contributed by atoms with Gasteiger partial charge in [0.05, 0.1) is 25.5 Å². The molecule has 2 heterocycles. The van der Waals surface area contributed by atoms with Crippen molar-refractivity contribution >= 4 is 23.2 Å². The van der Waals surface area contributed by atoms with E-state index in [-0.39, 0.29) is 48.6 Å². The van der Waals surface area contributed by atoms with E-state index in [0.29, 0.717) is 0 Å². The molecule has 2 aromatic heterocycles. The molecule has 0 fully saturated rings. The molecule has 0 saturated carbocycles. The first kappa shape index (κ1) is 27.1. The molecule has 1 aromatic carbocycles. The third kappa shape index (κ3) is 7.75. The predicted octanol–water partition coefficient (Wildman–Crippen LogP) is 3.48. The molecule has 3 rings (SSSR count). The summed E-state index contributed by atoms with van der Waals surface area (Å²) in [5, 5.41) is 14.3. The number of carbonyl (C=O) groups excluding carboxylic acids is 2. The highest BCUT2D eigenvalue weighted by Crippen LogP contribution is 2.25. The molecule has 0 radical (unpaired) electrons. The number of hydrogen-bond acceptors (Lipinski definition) is 7. The highest BCUT2D eigenvalue weighted by atomic mass is 32.1. The summed E-state index contributed by atoms with van der Waals surface area (Å²) in [6.45, 7) is -0.475. The zero-order valence-corrected chi connectivity index (χ0v) is 19.9. The minimum atomic E-state index is -4.57. The first-order chi connectivity index (χ1) is 17.2. The van der Waals surface area contributed by atoms with Gasteiger partial charge in [0.25, 0.3) is 11.8 Å². The number of ether oxygens (including phenoxy) is 2. The van der Waals surface area contributed by atoms with Crippen LogP contribution >= 0.6 is 11.3 Å². The van der Waals surface area contributed by atoms with E-state index in [9.17, 15) is 27.2 Å². The van der Waals surface area contributed by atoms with Gasteiger partial charge in [0.1, 0.15) is 31.3 Å². The number of alkyl halides is 4. The van der Waals surface area contributed by atoms with Gasteiger partial charge in [-0.05, 0) is 36.6 Å². The molecule has 0 aliphatic carbocycles. The third-order valence-electron chi connectivity index (χ3n) is 4.67. The van der Waals surface area contributed by atoms with Crippen molar-refractivity contribution in [3.63, 3.8) is 0 Å². The lowest BCUT2D eigenvalue weighted by molar-refractivity contribution is -0.123. The van der Waals surface area contributed by atoms with Crippen LogP contribution in [0.25, 0.3) is 5.69 Å². The molecular weight excluding hydrogens is 506 g/mol. The van der Waals surface area contributed by atoms with Crippen LogP contribution < -0.4 is 15.4 Å². The molecule has 0 saturated heterocycles. The summed E-state index contributed by atoms with van der Waals surface area (Å²) >= 11 is 1.49. The second-order valence-electron chi connectivity index (χ2n) is 7.39. The fourth-order valence-corrected chi connectivity index (χ4v) is 3.71. The fraction of sp³-hybridized carbons (Fsp3) is 0.364. The summed E-state index contributed by atoms with van der Waals surface area (Å²) in [7, 11) is 0. The maximum absolute atomic E-state index is 12.6. The predicted molar refractivity (Wildman–Crippen MR) is 122 cm³/mol. The minimum Gasteiger partial charge on any atom is -0.489 e. The van der Waals surface area contributed by atoms with Gasteiger partial charge in [-0.2, -0.15) is 13.2 Å². The van der Waals surface area contributed by atoms with Crippen molar-refractivity contribution in [3.8, 4) is 11.4 Å². The van der Waals surface area contributed by atoms with Crippen molar-refractivity contribution in [3.05, 3.63) is 58.0 Å². The van der Waals surface area contributed by atoms with Crippen molar-refractivity contribution in [2.75, 3.05) is 33.0 Å². The second-order valence-corrected chi connectivity index (χ2v) is 8.37. The van der Waals surface area contributed by atoms with Crippen LogP contribution in [-0.2, 0) is 4.74 Å². The lowest BCUT2D eigenvalue weighted by Crippen LogP contribution is -2.33. The highest BCUT2D eigenvalue weighted by molar-refractivity contribution is 7.10. The van der Waals surface area contributed by atoms with E-state index in [2.05, 4.69) is 15.6 Å². The Morgan fingerprint density at radius 3 is 2.67 bits per heavy atom. The number of thiophene rings is 1. The minimum absolute atomic E-state index is 0.0163. The number of amides is 2. The quantitative estimate of drug-likeness (QED) is 0.275. The Bertz CT molecular complexity index is 1150. The lowest BCUT2D eigenvalue weighted by Gasteiger charge is -2.14. The number of benzene rings is 1. The van der Waals surface area contributed by atoms with Crippen molar-refractivity contribution in [2.45, 2.75) is 19.1 Å². The summed E-state index contributed by atoms with van der Waals surface area (Å²) in [5.41, 5.74) is 0.193. The van der Waals surface area contributed by atoms with Gasteiger partial charge in [0, 0.05) is 10.4 Å². The molecular formula is C22H23F4N5O4S. The van der Waals surface area contributed by atoms with Crippen molar-refractivity contribution in [2.24, 2.45) is 0 Å². The highest BCUT2D eigenvalue weighted by Gasteiger charge is 2.28. The molecule has 0 bridgehead atoms. The smallest absolute Gasteiger partial charge is 0.405 e. The molecule has 1 unspecified atom stereocenters. The average Bonchev–Trinajstić information content (AvgIpc) is 3.54. The Morgan fingerprint density at radius 2 is 1.97 bits per heavy atom. The summed E-state index contributed by atoms with van der Waals surface area (Å²) in [5.74, 6) is -1.35. The van der Waals surface area contributed by atoms with Gasteiger partial charge in [-0.1, -0.05) is 11.3 Å². The van der Waals surface area contributed by atoms with Gasteiger partial charge >= 0.3 is 6.18 Å². The van der Waals surface area contributed by atoms with Crippen molar-refractivity contribution in [1.82, 2.24) is 25.6 Å². The Hall–Kier alpha value is -3.52. The Balaban J connectivity index is 1.78. The molecule has 0 aliphatic rings. The van der Waals surface area contributed by atoms with Crippen LogP contribution in [0.1, 0.15) is 38.7 Å². The van der Waals surface area contributed by atoms with Crippen LogP contribution in [0.4, 0.5) is 17.6 Å². The van der Waals surface area contributed by atoms with Gasteiger partial charge in [-0.25, -0.2) is 9.07 Å². The Labute approximate surface area is 207 Å². The van der Waals surface area contributed by atoms with Crippen LogP contribution in [0.2, 0.25) is 0 Å². The molecule has 194 valence electrons. The standard InChI is InChI=1S/C22H23F4N5O4S/c1-14(19-3-2-10-36-19)28-21(33)16-12-31(30-29-16)17-5-4-15(20(32)27-13-22(24,25)26)11-18(17)35-9-8-34-7-6-23/h2-5,10-12,14H,6-9,13H2,1H3,(H,27,32)(H,28,33). The normalized spacial score (nSPS) is 12.2. The van der Waals surface area contributed by atoms with Crippen LogP contribution in [0.5, 0.6) is 5.75 Å². The van der Waals surface area contributed by atoms with E-state index < -0.39 is 31.2 Å². The summed E-state index contributed by atoms with van der Waals surface area (Å²) < 4.78 is 61.5. The van der Waals surface area contributed by atoms with Gasteiger partial charge in [-0.15, -0.1) is 16.4 Å². The molecule has 9 nitrogen and oxygen atoms in total. The number of nitrogens with zero attached hydrogens (tertiary/aromatic N) is 3. The largest absolute Gasteiger partial charge is 0.489 e. The number of carbonyl (C=O) groups is 2. The van der Waals surface area contributed by atoms with Crippen molar-refractivity contribution < 1.29 is 36.6 Å². The maximum Gasteiger partial charge on any atom is 0.405 e. The molecule has 2 N–H and O–H groups in total. The number of nitrogens with one attached hydrogen (secondary N) is 2. The molecule has 14 heteroatoms. The van der Waals surface area contributed by atoms with E-state index in [1.54, 1.807) is 5.32 Å². The molecule has 3 aromatic rings. The zero-order chi connectivity index (χ0) is 26.1. The number of hydrogen-bond donors (Lipinski definition) is 2. The van der Waals surface area contributed by atoms with Gasteiger partial charge in [-0.3, -0.25) is 9.59 Å². The first-order valence-electron chi connectivity index (χ1n) is 10.7. The topological polar surface area (TPSA) is 107 Å². The second kappa shape index (κ2) is 12.4. The van der Waals surface area contributed by atoms with E-state index >= 15 is 0 Å². The molecule has 2 amide bonds. The van der Waals surface area contributed by atoms with E-state index in [1.807, 2.05) is 24.4 Å². The Morgan fingerprint density at radius 1 is 1.17 bits per heavy atom. The molecule has 36 heavy (non-hydrogen) atoms. The molecule has 0 aliphatic heterocycles. The zero-order valence-electron chi connectivity index (χ0n) is 19.0. The van der Waals surface area contributed by atoms with Gasteiger partial charge in [0.15, 0.2) is 5.69 Å². The maximum atomic E-state index is 12.6. The van der Waals surface area contributed by atoms with Crippen LogP contribution in [-0.4, -0.2) is 66.0 Å². The summed E-state index contributed by atoms with van der Waals surface area (Å²) in [6, 6.07) is 7.42. The van der Waals surface area contributed by atoms with Gasteiger partial charge in [0.2, 0.25) is 0 Å². The number of rotatable bonds is 12. The third-order valence-corrected chi connectivity index (χ3v) is 5.72. The molecule has 1 atom stereocenters. The lowest BCUT2D eigenvalue weighted by atomic mass is 10.1. The van der Waals surface area contributed by atoms with E-state index in [1.165, 1.54) is 40.4 Å². The van der Waals surface area contributed by atoms with Crippen LogP contribution in [0.3, 0.4) is 0 Å². The Kier molecular flexibility index (Phi) is 9.36. The molecule has 0 spiro atoms. The van der Waals surface area contributed by atoms with Gasteiger partial charge < -0.3 is 20.1 Å². The average molecular weight is 530 g/mol. The monoisotopic (exact) mass is 529 g/mol. The first-order valence-corrected chi connectivity index (χ1v) is 11.6. The van der Waals surface area contributed by atoms with Crippen LogP contribution in [0.15, 0.2) is 41.9 Å². The number of aromatic nitrogens is 3. The SMILES string of the molecule is CC(NC(=O)c1cn(-c2ccc(C(=O)NCC(F)(F)F)cc2OCCOCCF)nn1)c1cccs1. The summed E-state index contributed by atoms with van der Waals surface area (Å²) in [6.07, 6.45) is -3.22.